The van der Waals surface area contributed by atoms with Crippen molar-refractivity contribution in [2.45, 2.75) is 50.4 Å². The number of nitrogens with zero attached hydrogens (tertiary/aromatic N) is 3. The molecule has 0 bridgehead atoms. The number of aromatic nitrogens is 2. The fourth-order valence-corrected chi connectivity index (χ4v) is 4.83. The fraction of sp³-hybridized carbons (Fsp3) is 0.500. The minimum absolute atomic E-state index is 0.0509. The van der Waals surface area contributed by atoms with Crippen molar-refractivity contribution in [2.75, 3.05) is 14.2 Å². The summed E-state index contributed by atoms with van der Waals surface area (Å²) < 4.78 is 50.8. The molecule has 3 atom stereocenters. The van der Waals surface area contributed by atoms with Gasteiger partial charge in [0.1, 0.15) is 6.04 Å². The summed E-state index contributed by atoms with van der Waals surface area (Å²) in [6.07, 6.45) is 1.09. The summed E-state index contributed by atoms with van der Waals surface area (Å²) in [5.41, 5.74) is -0.739. The topological polar surface area (TPSA) is 73.7 Å². The van der Waals surface area contributed by atoms with Crippen LogP contribution in [0.15, 0.2) is 30.5 Å². The second kappa shape index (κ2) is 8.48. The van der Waals surface area contributed by atoms with Gasteiger partial charge in [-0.15, -0.1) is 0 Å². The Hall–Kier alpha value is -3.04. The Balaban J connectivity index is 1.71. The largest absolute Gasteiger partial charge is 0.493 e. The molecule has 2 fully saturated rings. The van der Waals surface area contributed by atoms with Gasteiger partial charge >= 0.3 is 12.1 Å². The summed E-state index contributed by atoms with van der Waals surface area (Å²) in [6.45, 7) is 0. The van der Waals surface area contributed by atoms with E-state index >= 15 is 0 Å². The van der Waals surface area contributed by atoms with Gasteiger partial charge in [0.2, 0.25) is 0 Å². The van der Waals surface area contributed by atoms with Crippen molar-refractivity contribution in [3.05, 3.63) is 41.7 Å². The molecule has 1 aromatic carbocycles. The van der Waals surface area contributed by atoms with E-state index in [1.807, 2.05) is 0 Å². The van der Waals surface area contributed by atoms with Gasteiger partial charge in [-0.25, -0.2) is 9.48 Å². The summed E-state index contributed by atoms with van der Waals surface area (Å²) in [6, 6.07) is 3.82. The predicted octanol–water partition coefficient (Wildman–Crippen LogP) is 3.85. The van der Waals surface area contributed by atoms with Crippen molar-refractivity contribution < 1.29 is 32.2 Å². The normalized spacial score (nSPS) is 23.0. The van der Waals surface area contributed by atoms with Gasteiger partial charge < -0.3 is 14.4 Å². The Kier molecular flexibility index (Phi) is 5.87. The van der Waals surface area contributed by atoms with Crippen molar-refractivity contribution in [2.24, 2.45) is 5.92 Å². The van der Waals surface area contributed by atoms with Gasteiger partial charge in [-0.2, -0.15) is 18.3 Å². The van der Waals surface area contributed by atoms with Crippen LogP contribution in [0.1, 0.15) is 48.2 Å². The van der Waals surface area contributed by atoms with E-state index in [9.17, 15) is 22.8 Å². The number of carbonyl (C=O) groups is 2. The summed E-state index contributed by atoms with van der Waals surface area (Å²) in [5.74, 6) is -0.648. The highest BCUT2D eigenvalue weighted by atomic mass is 19.4. The zero-order valence-corrected chi connectivity index (χ0v) is 17.8. The highest BCUT2D eigenvalue weighted by Gasteiger charge is 2.49. The van der Waals surface area contributed by atoms with E-state index in [1.165, 1.54) is 42.1 Å². The molecular formula is C22H24F3N3O4. The smallest absolute Gasteiger partial charge is 0.416 e. The maximum atomic E-state index is 13.6. The van der Waals surface area contributed by atoms with Crippen molar-refractivity contribution in [1.82, 2.24) is 14.7 Å². The van der Waals surface area contributed by atoms with Gasteiger partial charge in [0.25, 0.3) is 5.91 Å². The molecule has 1 amide bonds. The lowest BCUT2D eigenvalue weighted by atomic mass is 9.84. The third kappa shape index (κ3) is 3.93. The first kappa shape index (κ1) is 22.2. The van der Waals surface area contributed by atoms with Crippen LogP contribution >= 0.6 is 0 Å². The molecule has 0 N–H and O–H groups in total. The number of ether oxygens (including phenoxy) is 2. The third-order valence-corrected chi connectivity index (χ3v) is 6.34. The summed E-state index contributed by atoms with van der Waals surface area (Å²) in [7, 11) is 2.64. The number of rotatable bonds is 4. The number of amides is 1. The van der Waals surface area contributed by atoms with E-state index in [1.54, 1.807) is 0 Å². The maximum absolute atomic E-state index is 13.6. The molecule has 4 rings (SSSR count). The van der Waals surface area contributed by atoms with Crippen molar-refractivity contribution in [3.8, 4) is 11.4 Å². The van der Waals surface area contributed by atoms with Gasteiger partial charge in [0.15, 0.2) is 11.4 Å². The number of hydrogen-bond donors (Lipinski definition) is 0. The van der Waals surface area contributed by atoms with Gasteiger partial charge in [-0.1, -0.05) is 18.9 Å². The number of fused-ring (bicyclic) bond motifs is 1. The fourth-order valence-electron chi connectivity index (χ4n) is 4.83. The highest BCUT2D eigenvalue weighted by molar-refractivity contribution is 5.98. The molecule has 2 heterocycles. The van der Waals surface area contributed by atoms with E-state index < -0.39 is 29.7 Å². The zero-order chi connectivity index (χ0) is 23.0. The lowest BCUT2D eigenvalue weighted by molar-refractivity contribution is -0.145. The molecule has 2 aromatic rings. The van der Waals surface area contributed by atoms with E-state index in [2.05, 4.69) is 5.10 Å². The summed E-state index contributed by atoms with van der Waals surface area (Å²) >= 11 is 0. The second-order valence-electron chi connectivity index (χ2n) is 8.14. The minimum atomic E-state index is -4.51. The Bertz CT molecular complexity index is 1020. The van der Waals surface area contributed by atoms with E-state index in [0.717, 1.165) is 37.8 Å². The molecule has 0 radical (unpaired) electrons. The van der Waals surface area contributed by atoms with Crippen LogP contribution in [0, 0.1) is 5.92 Å². The van der Waals surface area contributed by atoms with E-state index in [4.69, 9.17) is 9.47 Å². The number of methoxy groups -OCH3 is 2. The molecule has 1 saturated heterocycles. The van der Waals surface area contributed by atoms with Crippen molar-refractivity contribution in [3.63, 3.8) is 0 Å². The first-order valence-electron chi connectivity index (χ1n) is 10.5. The Morgan fingerprint density at radius 3 is 2.59 bits per heavy atom. The van der Waals surface area contributed by atoms with Crippen LogP contribution in [0.2, 0.25) is 0 Å². The number of esters is 1. The molecular weight excluding hydrogens is 427 g/mol. The van der Waals surface area contributed by atoms with Crippen molar-refractivity contribution in [1.29, 1.82) is 0 Å². The Morgan fingerprint density at radius 1 is 1.16 bits per heavy atom. The lowest BCUT2D eigenvalue weighted by Gasteiger charge is -2.32. The average Bonchev–Trinajstić information content (AvgIpc) is 3.39. The van der Waals surface area contributed by atoms with Gasteiger partial charge in [0, 0.05) is 6.04 Å². The first-order valence-corrected chi connectivity index (χ1v) is 10.5. The molecule has 3 unspecified atom stereocenters. The number of alkyl halides is 3. The van der Waals surface area contributed by atoms with Gasteiger partial charge in [-0.05, 0) is 43.4 Å². The molecule has 1 aromatic heterocycles. The molecule has 10 heteroatoms. The molecule has 172 valence electrons. The standard InChI is InChI=1S/C22H24F3N3O4/c1-31-18-12-27(15-8-5-7-14(11-15)22(23,24)25)26-19(18)20(29)28-16-9-4-3-6-13(16)10-17(28)21(30)32-2/h5,7-8,11-13,16-17H,3-4,6,9-10H2,1-2H3. The van der Waals surface area contributed by atoms with Crippen LogP contribution < -0.4 is 4.74 Å². The van der Waals surface area contributed by atoms with Gasteiger partial charge in [-0.3, -0.25) is 4.79 Å². The number of likely N-dealkylation sites (tertiary alicyclic amines) is 1. The van der Waals surface area contributed by atoms with Crippen LogP contribution in [-0.2, 0) is 15.7 Å². The summed E-state index contributed by atoms with van der Waals surface area (Å²) in [4.78, 5) is 27.5. The Labute approximate surface area is 183 Å². The number of hydrogen-bond acceptors (Lipinski definition) is 5. The zero-order valence-electron chi connectivity index (χ0n) is 17.8. The third-order valence-electron chi connectivity index (χ3n) is 6.34. The Morgan fingerprint density at radius 2 is 1.91 bits per heavy atom. The molecule has 1 saturated carbocycles. The molecule has 2 aliphatic rings. The molecule has 7 nitrogen and oxygen atoms in total. The van der Waals surface area contributed by atoms with Crippen molar-refractivity contribution >= 4 is 11.9 Å². The molecule has 32 heavy (non-hydrogen) atoms. The lowest BCUT2D eigenvalue weighted by Crippen LogP contribution is -2.46. The van der Waals surface area contributed by atoms with E-state index in [-0.39, 0.29) is 29.1 Å². The predicted molar refractivity (Wildman–Crippen MR) is 107 cm³/mol. The van der Waals surface area contributed by atoms with Crippen LogP contribution in [0.4, 0.5) is 13.2 Å². The average molecular weight is 451 g/mol. The van der Waals surface area contributed by atoms with Crippen LogP contribution in [0.25, 0.3) is 5.69 Å². The maximum Gasteiger partial charge on any atom is 0.416 e. The summed E-state index contributed by atoms with van der Waals surface area (Å²) in [5, 5.41) is 4.26. The molecule has 1 aliphatic carbocycles. The second-order valence-corrected chi connectivity index (χ2v) is 8.14. The number of carbonyl (C=O) groups excluding carboxylic acids is 2. The quantitative estimate of drug-likeness (QED) is 0.661. The number of benzene rings is 1. The van der Waals surface area contributed by atoms with E-state index in [0.29, 0.717) is 6.42 Å². The number of halogens is 3. The monoisotopic (exact) mass is 451 g/mol. The van der Waals surface area contributed by atoms with Gasteiger partial charge in [0.05, 0.1) is 31.7 Å². The molecule has 0 spiro atoms. The minimum Gasteiger partial charge on any atom is -0.493 e. The SMILES string of the molecule is COC(=O)C1CC2CCCCC2N1C(=O)c1nn(-c2cccc(C(F)(F)F)c2)cc1OC. The van der Waals surface area contributed by atoms with Crippen LogP contribution in [0.5, 0.6) is 5.75 Å². The molecule has 1 aliphatic heterocycles. The highest BCUT2D eigenvalue weighted by Crippen LogP contribution is 2.41. The van der Waals surface area contributed by atoms with Crippen LogP contribution in [0.3, 0.4) is 0 Å². The van der Waals surface area contributed by atoms with Crippen LogP contribution in [-0.4, -0.2) is 52.9 Å². The first-order chi connectivity index (χ1) is 15.2.